The molecule has 0 aromatic carbocycles. The number of unbranched alkanes of at least 4 members (excludes halogenated alkanes) is 14. The highest BCUT2D eigenvalue weighted by molar-refractivity contribution is 7.47. The quantitative estimate of drug-likeness (QED) is 0.0160. The summed E-state index contributed by atoms with van der Waals surface area (Å²) in [5.41, 5.74) is 0. The Morgan fingerprint density at radius 3 is 1.53 bits per heavy atom. The SMILES string of the molecule is CC/C=C\C/C=C\C/C=C\C/C=C\CCCCCCCCCCC(=O)OC(COC(=O)CCCCCCCCC)COP(=O)(O)OC1C(O)C(O)C(O)C(O)C1O. The molecule has 1 aliphatic rings. The molecule has 13 nitrogen and oxygen atoms in total. The molecule has 0 aromatic heterocycles. The average Bonchev–Trinajstić information content (AvgIpc) is 3.19. The van der Waals surface area contributed by atoms with Gasteiger partial charge in [-0.25, -0.2) is 4.57 Å². The van der Waals surface area contributed by atoms with E-state index in [-0.39, 0.29) is 12.8 Å². The van der Waals surface area contributed by atoms with Crippen LogP contribution in [0, 0.1) is 0 Å². The summed E-state index contributed by atoms with van der Waals surface area (Å²) in [6, 6.07) is 0. The molecule has 0 amide bonds. The molecule has 6 unspecified atom stereocenters. The van der Waals surface area contributed by atoms with Crippen molar-refractivity contribution in [1.29, 1.82) is 0 Å². The van der Waals surface area contributed by atoms with Crippen molar-refractivity contribution in [2.75, 3.05) is 13.2 Å². The Labute approximate surface area is 341 Å². The lowest BCUT2D eigenvalue weighted by molar-refractivity contribution is -0.220. The van der Waals surface area contributed by atoms with Gasteiger partial charge in [0.25, 0.3) is 0 Å². The number of aliphatic hydroxyl groups excluding tert-OH is 5. The van der Waals surface area contributed by atoms with Crippen LogP contribution in [0.1, 0.15) is 155 Å². The van der Waals surface area contributed by atoms with E-state index in [1.165, 1.54) is 12.8 Å². The summed E-state index contributed by atoms with van der Waals surface area (Å²) in [5, 5.41) is 50.0. The second kappa shape index (κ2) is 33.6. The molecule has 0 saturated heterocycles. The number of allylic oxidation sites excluding steroid dienone is 8. The molecular formula is C43H75O13P. The van der Waals surface area contributed by atoms with Gasteiger partial charge >= 0.3 is 19.8 Å². The van der Waals surface area contributed by atoms with E-state index in [2.05, 4.69) is 62.5 Å². The number of ether oxygens (including phenoxy) is 2. The third-order valence-electron chi connectivity index (χ3n) is 9.68. The fourth-order valence-electron chi connectivity index (χ4n) is 6.22. The fraction of sp³-hybridized carbons (Fsp3) is 0.767. The predicted octanol–water partition coefficient (Wildman–Crippen LogP) is 7.61. The van der Waals surface area contributed by atoms with Gasteiger partial charge in [-0.2, -0.15) is 0 Å². The third-order valence-corrected chi connectivity index (χ3v) is 10.7. The van der Waals surface area contributed by atoms with Gasteiger partial charge in [0, 0.05) is 12.8 Å². The summed E-state index contributed by atoms with van der Waals surface area (Å²) in [6.45, 7) is 3.10. The molecule has 1 fully saturated rings. The first-order valence-electron chi connectivity index (χ1n) is 21.4. The molecule has 0 spiro atoms. The van der Waals surface area contributed by atoms with Crippen LogP contribution in [0.2, 0.25) is 0 Å². The van der Waals surface area contributed by atoms with Gasteiger partial charge in [0.1, 0.15) is 43.2 Å². The number of phosphoric ester groups is 1. The summed E-state index contributed by atoms with van der Waals surface area (Å²) in [6.07, 6.45) is 24.9. The molecule has 57 heavy (non-hydrogen) atoms. The molecular weight excluding hydrogens is 755 g/mol. The molecule has 1 aliphatic carbocycles. The molecule has 330 valence electrons. The van der Waals surface area contributed by atoms with Crippen LogP contribution in [0.4, 0.5) is 0 Å². The number of carbonyl (C=O) groups excluding carboxylic acids is 2. The van der Waals surface area contributed by atoms with E-state index in [1.807, 2.05) is 0 Å². The first-order chi connectivity index (χ1) is 27.4. The summed E-state index contributed by atoms with van der Waals surface area (Å²) in [7, 11) is -5.11. The Morgan fingerprint density at radius 2 is 1.00 bits per heavy atom. The van der Waals surface area contributed by atoms with Crippen molar-refractivity contribution in [1.82, 2.24) is 0 Å². The van der Waals surface area contributed by atoms with E-state index in [0.29, 0.717) is 12.8 Å². The monoisotopic (exact) mass is 830 g/mol. The van der Waals surface area contributed by atoms with Crippen LogP contribution >= 0.6 is 7.82 Å². The van der Waals surface area contributed by atoms with E-state index in [1.54, 1.807) is 0 Å². The summed E-state index contributed by atoms with van der Waals surface area (Å²) in [4.78, 5) is 35.4. The van der Waals surface area contributed by atoms with Crippen molar-refractivity contribution in [3.63, 3.8) is 0 Å². The third kappa shape index (κ3) is 26.5. The number of esters is 2. The number of carbonyl (C=O) groups is 2. The van der Waals surface area contributed by atoms with Gasteiger partial charge in [-0.3, -0.25) is 18.6 Å². The minimum absolute atomic E-state index is 0.0865. The van der Waals surface area contributed by atoms with E-state index in [4.69, 9.17) is 18.5 Å². The Balaban J connectivity index is 2.41. The lowest BCUT2D eigenvalue weighted by Crippen LogP contribution is -2.64. The van der Waals surface area contributed by atoms with Gasteiger partial charge in [0.15, 0.2) is 6.10 Å². The molecule has 0 heterocycles. The van der Waals surface area contributed by atoms with Gasteiger partial charge in [0.2, 0.25) is 0 Å². The first-order valence-corrected chi connectivity index (χ1v) is 22.9. The van der Waals surface area contributed by atoms with Crippen molar-refractivity contribution in [3.05, 3.63) is 48.6 Å². The second-order valence-corrected chi connectivity index (χ2v) is 16.2. The zero-order valence-electron chi connectivity index (χ0n) is 34.6. The number of hydrogen-bond acceptors (Lipinski definition) is 12. The van der Waals surface area contributed by atoms with Crippen molar-refractivity contribution < 1.29 is 63.1 Å². The van der Waals surface area contributed by atoms with Gasteiger partial charge in [-0.05, 0) is 51.4 Å². The minimum atomic E-state index is -5.11. The average molecular weight is 831 g/mol. The number of phosphoric acid groups is 1. The van der Waals surface area contributed by atoms with Gasteiger partial charge < -0.3 is 39.9 Å². The van der Waals surface area contributed by atoms with Crippen molar-refractivity contribution >= 4 is 19.8 Å². The lowest BCUT2D eigenvalue weighted by Gasteiger charge is -2.41. The lowest BCUT2D eigenvalue weighted by atomic mass is 9.85. The molecule has 14 heteroatoms. The number of rotatable bonds is 34. The Morgan fingerprint density at radius 1 is 0.561 bits per heavy atom. The maximum absolute atomic E-state index is 12.7. The van der Waals surface area contributed by atoms with E-state index >= 15 is 0 Å². The van der Waals surface area contributed by atoms with Crippen LogP contribution in [0.3, 0.4) is 0 Å². The predicted molar refractivity (Wildman–Crippen MR) is 221 cm³/mol. The zero-order chi connectivity index (χ0) is 42.2. The van der Waals surface area contributed by atoms with E-state index < -0.39 is 75.7 Å². The molecule has 0 aliphatic heterocycles. The summed E-state index contributed by atoms with van der Waals surface area (Å²) >= 11 is 0. The van der Waals surface area contributed by atoms with Crippen molar-refractivity contribution in [3.8, 4) is 0 Å². The highest BCUT2D eigenvalue weighted by Gasteiger charge is 2.51. The number of aliphatic hydroxyl groups is 5. The second-order valence-electron chi connectivity index (χ2n) is 14.8. The topological polar surface area (TPSA) is 210 Å². The summed E-state index contributed by atoms with van der Waals surface area (Å²) < 4.78 is 33.3. The van der Waals surface area contributed by atoms with Crippen LogP contribution in [0.25, 0.3) is 0 Å². The van der Waals surface area contributed by atoms with Crippen LogP contribution in [-0.4, -0.2) is 98.3 Å². The van der Waals surface area contributed by atoms with Crippen molar-refractivity contribution in [2.24, 2.45) is 0 Å². The first kappa shape index (κ1) is 52.8. The van der Waals surface area contributed by atoms with Gasteiger partial charge in [0.05, 0.1) is 6.61 Å². The fourth-order valence-corrected chi connectivity index (χ4v) is 7.19. The van der Waals surface area contributed by atoms with Gasteiger partial charge in [-0.15, -0.1) is 0 Å². The minimum Gasteiger partial charge on any atom is -0.462 e. The smallest absolute Gasteiger partial charge is 0.462 e. The van der Waals surface area contributed by atoms with E-state index in [0.717, 1.165) is 103 Å². The van der Waals surface area contributed by atoms with Crippen LogP contribution in [0.15, 0.2) is 48.6 Å². The molecule has 0 aromatic rings. The highest BCUT2D eigenvalue weighted by atomic mass is 31.2. The highest BCUT2D eigenvalue weighted by Crippen LogP contribution is 2.47. The largest absolute Gasteiger partial charge is 0.472 e. The normalized spacial score (nSPS) is 23.2. The maximum atomic E-state index is 12.7. The molecule has 6 atom stereocenters. The zero-order valence-corrected chi connectivity index (χ0v) is 35.5. The molecule has 0 radical (unpaired) electrons. The molecule has 6 N–H and O–H groups in total. The van der Waals surface area contributed by atoms with Gasteiger partial charge in [-0.1, -0.05) is 140 Å². The molecule has 1 rings (SSSR count). The molecule has 0 bridgehead atoms. The standard InChI is InChI=1S/C43H75O13P/c1-3-5-7-9-11-12-13-14-15-16-17-18-19-20-21-22-23-24-26-28-30-32-37(45)55-35(33-53-36(44)31-29-27-25-10-8-6-4-2)34-54-57(51,52)56-43-41(49)39(47)38(46)40(48)42(43)50/h5,7,11-12,14-15,17-18,35,38-43,46-50H,3-4,6,8-10,13,16,19-34H2,1-2H3,(H,51,52)/b7-5-,12-11-,15-14-,18-17-. The Kier molecular flexibility index (Phi) is 31.2. The Hall–Kier alpha value is -2.19. The van der Waals surface area contributed by atoms with Crippen LogP contribution in [-0.2, 0) is 32.7 Å². The van der Waals surface area contributed by atoms with Crippen molar-refractivity contribution in [2.45, 2.75) is 198 Å². The van der Waals surface area contributed by atoms with Crippen LogP contribution < -0.4 is 0 Å². The van der Waals surface area contributed by atoms with E-state index in [9.17, 15) is 44.6 Å². The van der Waals surface area contributed by atoms with Crippen LogP contribution in [0.5, 0.6) is 0 Å². The summed E-state index contributed by atoms with van der Waals surface area (Å²) in [5.74, 6) is -1.12. The molecule has 1 saturated carbocycles. The number of hydrogen-bond donors (Lipinski definition) is 6. The maximum Gasteiger partial charge on any atom is 0.472 e. The Bertz CT molecular complexity index is 1190.